The van der Waals surface area contributed by atoms with Gasteiger partial charge in [0.15, 0.2) is 0 Å². The first-order valence-corrected chi connectivity index (χ1v) is 12.4. The molecular formula is C22H38Br2N6O5. The summed E-state index contributed by atoms with van der Waals surface area (Å²) in [7, 11) is 3.30. The molecule has 0 saturated carbocycles. The third-order valence-corrected chi connectivity index (χ3v) is 4.42. The van der Waals surface area contributed by atoms with Gasteiger partial charge in [0.2, 0.25) is 0 Å². The molecule has 0 unspecified atom stereocenters. The molecule has 2 aromatic heterocycles. The number of aliphatic hydroxyl groups excluding tert-OH is 1. The Morgan fingerprint density at radius 2 is 1.49 bits per heavy atom. The van der Waals surface area contributed by atoms with Crippen molar-refractivity contribution in [2.45, 2.75) is 59.3 Å². The molecule has 0 aliphatic heterocycles. The molecule has 0 fully saturated rings. The van der Waals surface area contributed by atoms with Crippen molar-refractivity contribution in [2.24, 2.45) is 0 Å². The Balaban J connectivity index is 0.000000554. The van der Waals surface area contributed by atoms with Gasteiger partial charge < -0.3 is 24.4 Å². The van der Waals surface area contributed by atoms with Crippen molar-refractivity contribution in [3.8, 4) is 0 Å². The van der Waals surface area contributed by atoms with Gasteiger partial charge in [-0.3, -0.25) is 9.78 Å². The fourth-order valence-electron chi connectivity index (χ4n) is 1.96. The summed E-state index contributed by atoms with van der Waals surface area (Å²) in [5.41, 5.74) is -0.930. The second-order valence-electron chi connectivity index (χ2n) is 9.37. The van der Waals surface area contributed by atoms with Crippen molar-refractivity contribution < 1.29 is 24.2 Å². The first-order valence-electron chi connectivity index (χ1n) is 10.9. The van der Waals surface area contributed by atoms with Gasteiger partial charge in [-0.15, -0.1) is 0 Å². The lowest BCUT2D eigenvalue weighted by Gasteiger charge is -2.24. The van der Waals surface area contributed by atoms with E-state index in [1.54, 1.807) is 63.0 Å². The molecule has 35 heavy (non-hydrogen) atoms. The maximum atomic E-state index is 11.6. The number of carbonyl (C=O) groups excluding carboxylic acids is 2. The van der Waals surface area contributed by atoms with E-state index in [4.69, 9.17) is 14.6 Å². The van der Waals surface area contributed by atoms with Gasteiger partial charge in [-0.25, -0.2) is 9.59 Å². The van der Waals surface area contributed by atoms with Crippen LogP contribution >= 0.6 is 31.9 Å². The van der Waals surface area contributed by atoms with E-state index >= 15 is 0 Å². The van der Waals surface area contributed by atoms with Crippen LogP contribution in [0.3, 0.4) is 0 Å². The van der Waals surface area contributed by atoms with Crippen LogP contribution in [0.2, 0.25) is 0 Å². The highest BCUT2D eigenvalue weighted by Crippen LogP contribution is 2.10. The van der Waals surface area contributed by atoms with Gasteiger partial charge in [-0.2, -0.15) is 10.2 Å². The summed E-state index contributed by atoms with van der Waals surface area (Å²) >= 11 is 6.51. The second-order valence-corrected chi connectivity index (χ2v) is 11.2. The van der Waals surface area contributed by atoms with Crippen LogP contribution in [0.5, 0.6) is 0 Å². The van der Waals surface area contributed by atoms with Gasteiger partial charge in [-0.1, -0.05) is 0 Å². The van der Waals surface area contributed by atoms with Crippen LogP contribution in [0.4, 0.5) is 9.59 Å². The number of aliphatic hydroxyl groups is 1. The summed E-state index contributed by atoms with van der Waals surface area (Å²) in [4.78, 5) is 25.7. The molecule has 2 N–H and O–H groups in total. The third kappa shape index (κ3) is 17.9. The lowest BCUT2D eigenvalue weighted by atomic mass is 10.2. The molecule has 0 aliphatic carbocycles. The van der Waals surface area contributed by atoms with Crippen molar-refractivity contribution in [2.75, 3.05) is 33.8 Å². The summed E-state index contributed by atoms with van der Waals surface area (Å²) in [6.07, 6.45) is 6.32. The summed E-state index contributed by atoms with van der Waals surface area (Å²) in [5, 5.41) is 18.9. The highest BCUT2D eigenvalue weighted by atomic mass is 79.9. The molecule has 0 aromatic carbocycles. The van der Waals surface area contributed by atoms with Gasteiger partial charge in [0.1, 0.15) is 11.2 Å². The number of carbonyl (C=O) groups is 2. The number of hydrogen-bond donors (Lipinski definition) is 2. The number of halogens is 2. The standard InChI is InChI=1S/C11H18BrN3O2.C8H17NO3.C3H3BrN2/c1-11(2,3)17-10(16)14(4)5-6-15-8-9(12)7-13-15;1-8(2,3)12-7(11)9(4)5-6-10;4-3-1-5-6-2-3/h7-8H,5-6H2,1-4H3;10H,5-6H2,1-4H3;1-2H,(H,5,6). The molecule has 2 amide bonds. The van der Waals surface area contributed by atoms with Crippen LogP contribution in [-0.4, -0.2) is 92.1 Å². The van der Waals surface area contributed by atoms with Crippen molar-refractivity contribution in [3.63, 3.8) is 0 Å². The molecule has 0 atom stereocenters. The molecule has 200 valence electrons. The molecule has 0 radical (unpaired) electrons. The molecule has 2 aromatic rings. The number of likely N-dealkylation sites (N-methyl/N-ethyl adjacent to an activating group) is 2. The van der Waals surface area contributed by atoms with E-state index in [0.29, 0.717) is 19.6 Å². The van der Waals surface area contributed by atoms with Gasteiger partial charge >= 0.3 is 12.2 Å². The van der Waals surface area contributed by atoms with Crippen molar-refractivity contribution >= 4 is 44.0 Å². The van der Waals surface area contributed by atoms with Crippen molar-refractivity contribution in [1.82, 2.24) is 29.8 Å². The molecule has 0 bridgehead atoms. The summed E-state index contributed by atoms with van der Waals surface area (Å²) in [6.45, 7) is 12.4. The Hall–Kier alpha value is -2.12. The van der Waals surface area contributed by atoms with Crippen LogP contribution in [0.25, 0.3) is 0 Å². The number of H-pyrrole nitrogens is 1. The highest BCUT2D eigenvalue weighted by Gasteiger charge is 2.20. The van der Waals surface area contributed by atoms with E-state index in [1.165, 1.54) is 4.90 Å². The zero-order chi connectivity index (χ0) is 27.2. The number of rotatable bonds is 5. The van der Waals surface area contributed by atoms with Crippen LogP contribution in [0.15, 0.2) is 33.7 Å². The van der Waals surface area contributed by atoms with E-state index in [0.717, 1.165) is 8.95 Å². The van der Waals surface area contributed by atoms with E-state index in [9.17, 15) is 9.59 Å². The molecule has 0 aliphatic rings. The third-order valence-electron chi connectivity index (χ3n) is 3.58. The monoisotopic (exact) mass is 624 g/mol. The Morgan fingerprint density at radius 1 is 0.971 bits per heavy atom. The maximum absolute atomic E-state index is 11.6. The Bertz CT molecular complexity index is 863. The van der Waals surface area contributed by atoms with E-state index < -0.39 is 17.3 Å². The number of nitrogens with zero attached hydrogens (tertiary/aromatic N) is 5. The topological polar surface area (TPSA) is 126 Å². The predicted octanol–water partition coefficient (Wildman–Crippen LogP) is 4.53. The fourth-order valence-corrected chi connectivity index (χ4v) is 2.49. The minimum atomic E-state index is -0.471. The Morgan fingerprint density at radius 3 is 1.80 bits per heavy atom. The van der Waals surface area contributed by atoms with Gasteiger partial charge in [0, 0.05) is 39.6 Å². The lowest BCUT2D eigenvalue weighted by molar-refractivity contribution is 0.0268. The summed E-state index contributed by atoms with van der Waals surface area (Å²) < 4.78 is 14.0. The number of ether oxygens (including phenoxy) is 2. The first kappa shape index (κ1) is 32.9. The SMILES string of the molecule is Brc1cn[nH]c1.CN(CCO)C(=O)OC(C)(C)C.CN(CCn1cc(Br)cn1)C(=O)OC(C)(C)C. The van der Waals surface area contributed by atoms with E-state index in [1.807, 2.05) is 27.0 Å². The highest BCUT2D eigenvalue weighted by molar-refractivity contribution is 9.10. The average molecular weight is 626 g/mol. The molecule has 0 saturated heterocycles. The molecule has 0 spiro atoms. The molecule has 2 rings (SSSR count). The first-order chi connectivity index (χ1) is 16.0. The number of aromatic amines is 1. The van der Waals surface area contributed by atoms with E-state index in [-0.39, 0.29) is 12.7 Å². The van der Waals surface area contributed by atoms with Crippen molar-refractivity contribution in [3.05, 3.63) is 33.7 Å². The normalized spacial score (nSPS) is 10.8. The Labute approximate surface area is 224 Å². The smallest absolute Gasteiger partial charge is 0.410 e. The zero-order valence-electron chi connectivity index (χ0n) is 21.7. The fraction of sp³-hybridized carbons (Fsp3) is 0.636. The number of amides is 2. The van der Waals surface area contributed by atoms with Crippen LogP contribution < -0.4 is 0 Å². The predicted molar refractivity (Wildman–Crippen MR) is 141 cm³/mol. The minimum absolute atomic E-state index is 0.0459. The zero-order valence-corrected chi connectivity index (χ0v) is 24.9. The number of aromatic nitrogens is 4. The average Bonchev–Trinajstić information content (AvgIpc) is 3.35. The maximum Gasteiger partial charge on any atom is 0.410 e. The second kappa shape index (κ2) is 15.8. The van der Waals surface area contributed by atoms with Gasteiger partial charge in [-0.05, 0) is 73.4 Å². The van der Waals surface area contributed by atoms with Crippen LogP contribution in [-0.2, 0) is 16.0 Å². The van der Waals surface area contributed by atoms with Crippen molar-refractivity contribution in [1.29, 1.82) is 0 Å². The summed E-state index contributed by atoms with van der Waals surface area (Å²) in [6, 6.07) is 0. The lowest BCUT2D eigenvalue weighted by Crippen LogP contribution is -2.35. The molecule has 13 heteroatoms. The Kier molecular flexibility index (Phi) is 14.8. The minimum Gasteiger partial charge on any atom is -0.444 e. The van der Waals surface area contributed by atoms with Crippen LogP contribution in [0, 0.1) is 0 Å². The van der Waals surface area contributed by atoms with Gasteiger partial charge in [0.25, 0.3) is 0 Å². The largest absolute Gasteiger partial charge is 0.444 e. The summed E-state index contributed by atoms with van der Waals surface area (Å²) in [5.74, 6) is 0. The van der Waals surface area contributed by atoms with E-state index in [2.05, 4.69) is 47.2 Å². The molecular weight excluding hydrogens is 588 g/mol. The molecule has 2 heterocycles. The number of nitrogens with one attached hydrogen (secondary N) is 1. The number of hydrogen-bond acceptors (Lipinski definition) is 7. The van der Waals surface area contributed by atoms with Crippen LogP contribution in [0.1, 0.15) is 41.5 Å². The quantitative estimate of drug-likeness (QED) is 0.500. The van der Waals surface area contributed by atoms with Gasteiger partial charge in [0.05, 0.1) is 34.5 Å². The molecule has 11 nitrogen and oxygen atoms in total.